The van der Waals surface area contributed by atoms with Crippen LogP contribution in [0, 0.1) is 11.3 Å². The van der Waals surface area contributed by atoms with Crippen LogP contribution in [0.4, 0.5) is 32.0 Å². The number of ether oxygens (including phenoxy) is 1. The predicted octanol–water partition coefficient (Wildman–Crippen LogP) is 2.80. The molecule has 180 valence electrons. The molecule has 2 aliphatic heterocycles. The van der Waals surface area contributed by atoms with Gasteiger partial charge in [0.15, 0.2) is 6.10 Å². The van der Waals surface area contributed by atoms with E-state index in [2.05, 4.69) is 5.32 Å². The molecule has 3 rings (SSSR count). The van der Waals surface area contributed by atoms with Crippen molar-refractivity contribution >= 4 is 17.5 Å². The summed E-state index contributed by atoms with van der Waals surface area (Å²) in [7, 11) is 0. The van der Waals surface area contributed by atoms with Gasteiger partial charge in [-0.2, -0.15) is 31.6 Å². The Morgan fingerprint density at radius 3 is 2.30 bits per heavy atom. The van der Waals surface area contributed by atoms with Crippen LogP contribution in [0.5, 0.6) is 0 Å². The molecule has 0 unspecified atom stereocenters. The first-order valence-electron chi connectivity index (χ1n) is 9.97. The number of alkyl halides is 6. The number of halogens is 6. The van der Waals surface area contributed by atoms with Gasteiger partial charge >= 0.3 is 12.4 Å². The van der Waals surface area contributed by atoms with Gasteiger partial charge < -0.3 is 19.9 Å². The smallest absolute Gasteiger partial charge is 0.351 e. The van der Waals surface area contributed by atoms with Crippen molar-refractivity contribution < 1.29 is 40.7 Å². The SMILES string of the molecule is CC(=O)N1CCC(NC(=O)[C@@H]2CN(c3ccc(C#N)c(C(F)(F)F)c3)[C@@H](C(F)(F)F)O2)CC1. The molecule has 2 saturated heterocycles. The largest absolute Gasteiger partial charge is 0.433 e. The zero-order valence-electron chi connectivity index (χ0n) is 17.3. The molecule has 1 aromatic carbocycles. The number of amides is 2. The Kier molecular flexibility index (Phi) is 6.78. The van der Waals surface area contributed by atoms with Crippen molar-refractivity contribution in [2.75, 3.05) is 24.5 Å². The second-order valence-electron chi connectivity index (χ2n) is 7.80. The van der Waals surface area contributed by atoms with Crippen LogP contribution in [0.1, 0.15) is 30.9 Å². The number of nitriles is 1. The van der Waals surface area contributed by atoms with E-state index in [4.69, 9.17) is 10.00 Å². The molecule has 13 heteroatoms. The Bertz CT molecular complexity index is 951. The summed E-state index contributed by atoms with van der Waals surface area (Å²) in [5.41, 5.74) is -2.59. The molecular formula is C20H20F6N4O3. The molecule has 0 aromatic heterocycles. The van der Waals surface area contributed by atoms with Crippen LogP contribution in [0.25, 0.3) is 0 Å². The topological polar surface area (TPSA) is 85.7 Å². The molecule has 2 atom stereocenters. The number of hydrogen-bond donors (Lipinski definition) is 1. The molecule has 0 radical (unpaired) electrons. The number of carbonyl (C=O) groups is 2. The number of anilines is 1. The summed E-state index contributed by atoms with van der Waals surface area (Å²) in [5.74, 6) is -0.944. The van der Waals surface area contributed by atoms with E-state index in [1.165, 1.54) is 13.0 Å². The molecule has 1 N–H and O–H groups in total. The first-order chi connectivity index (χ1) is 15.3. The molecule has 0 saturated carbocycles. The van der Waals surface area contributed by atoms with E-state index < -0.39 is 54.0 Å². The molecular weight excluding hydrogens is 458 g/mol. The Balaban J connectivity index is 1.78. The third kappa shape index (κ3) is 5.50. The zero-order chi connectivity index (χ0) is 24.6. The second-order valence-corrected chi connectivity index (χ2v) is 7.80. The van der Waals surface area contributed by atoms with Gasteiger partial charge in [0.05, 0.1) is 23.7 Å². The molecule has 2 aliphatic rings. The summed E-state index contributed by atoms with van der Waals surface area (Å²) in [4.78, 5) is 26.1. The van der Waals surface area contributed by atoms with E-state index in [-0.39, 0.29) is 11.9 Å². The number of nitrogens with one attached hydrogen (secondary N) is 1. The summed E-state index contributed by atoms with van der Waals surface area (Å²) in [6, 6.07) is 3.16. The van der Waals surface area contributed by atoms with Gasteiger partial charge in [-0.05, 0) is 31.0 Å². The van der Waals surface area contributed by atoms with E-state index in [1.807, 2.05) is 0 Å². The van der Waals surface area contributed by atoms with Crippen LogP contribution in [-0.2, 0) is 20.5 Å². The molecule has 0 spiro atoms. The van der Waals surface area contributed by atoms with Gasteiger partial charge in [-0.1, -0.05) is 0 Å². The fraction of sp³-hybridized carbons (Fsp3) is 0.550. The number of nitrogens with zero attached hydrogens (tertiary/aromatic N) is 3. The Labute approximate surface area is 184 Å². The van der Waals surface area contributed by atoms with Crippen LogP contribution in [-0.4, -0.2) is 60.9 Å². The number of likely N-dealkylation sites (tertiary alicyclic amines) is 1. The van der Waals surface area contributed by atoms with E-state index >= 15 is 0 Å². The van der Waals surface area contributed by atoms with Gasteiger partial charge in [0, 0.05) is 31.7 Å². The lowest BCUT2D eigenvalue weighted by atomic mass is 10.0. The van der Waals surface area contributed by atoms with Crippen molar-refractivity contribution in [3.05, 3.63) is 29.3 Å². The maximum atomic E-state index is 13.6. The average Bonchev–Trinajstić information content (AvgIpc) is 3.19. The van der Waals surface area contributed by atoms with Crippen LogP contribution in [0.2, 0.25) is 0 Å². The summed E-state index contributed by atoms with van der Waals surface area (Å²) in [6.07, 6.45) is -13.3. The van der Waals surface area contributed by atoms with Gasteiger partial charge in [0.1, 0.15) is 0 Å². The number of carbonyl (C=O) groups excluding carboxylic acids is 2. The number of rotatable bonds is 3. The monoisotopic (exact) mass is 478 g/mol. The zero-order valence-corrected chi connectivity index (χ0v) is 17.3. The molecule has 2 amide bonds. The van der Waals surface area contributed by atoms with E-state index in [1.54, 1.807) is 4.90 Å². The standard InChI is InChI=1S/C20H20F6N4O3/c1-11(31)29-6-4-13(5-7-29)28-17(32)16-10-30(18(33-16)20(24,25)26)14-3-2-12(9-27)15(8-14)19(21,22)23/h2-3,8,13,16,18H,4-7,10H2,1H3,(H,28,32)/t16-,18+/m0/s1. The van der Waals surface area contributed by atoms with E-state index in [0.29, 0.717) is 36.9 Å². The highest BCUT2D eigenvalue weighted by Crippen LogP contribution is 2.39. The Morgan fingerprint density at radius 2 is 1.79 bits per heavy atom. The lowest BCUT2D eigenvalue weighted by Gasteiger charge is -2.32. The van der Waals surface area contributed by atoms with Crippen LogP contribution in [0.3, 0.4) is 0 Å². The Morgan fingerprint density at radius 1 is 1.15 bits per heavy atom. The molecule has 1 aromatic rings. The highest BCUT2D eigenvalue weighted by Gasteiger charge is 2.52. The van der Waals surface area contributed by atoms with Gasteiger partial charge in [-0.3, -0.25) is 9.59 Å². The minimum Gasteiger partial charge on any atom is -0.351 e. The normalized spacial score (nSPS) is 22.2. The average molecular weight is 478 g/mol. The lowest BCUT2D eigenvalue weighted by molar-refractivity contribution is -0.213. The van der Waals surface area contributed by atoms with E-state index in [9.17, 15) is 35.9 Å². The van der Waals surface area contributed by atoms with Crippen LogP contribution in [0.15, 0.2) is 18.2 Å². The minimum atomic E-state index is -4.99. The highest BCUT2D eigenvalue weighted by atomic mass is 19.4. The van der Waals surface area contributed by atoms with Crippen LogP contribution >= 0.6 is 0 Å². The first-order valence-corrected chi connectivity index (χ1v) is 9.97. The second kappa shape index (κ2) is 9.09. The van der Waals surface area contributed by atoms with Crippen molar-refractivity contribution in [3.8, 4) is 6.07 Å². The minimum absolute atomic E-state index is 0.122. The molecule has 2 fully saturated rings. The summed E-state index contributed by atoms with van der Waals surface area (Å²) < 4.78 is 85.4. The molecule has 33 heavy (non-hydrogen) atoms. The predicted molar refractivity (Wildman–Crippen MR) is 102 cm³/mol. The van der Waals surface area contributed by atoms with Crippen molar-refractivity contribution in [1.82, 2.24) is 10.2 Å². The number of piperidine rings is 1. The quantitative estimate of drug-likeness (QED) is 0.676. The van der Waals surface area contributed by atoms with Crippen molar-refractivity contribution in [2.45, 2.75) is 50.5 Å². The van der Waals surface area contributed by atoms with Crippen molar-refractivity contribution in [3.63, 3.8) is 0 Å². The maximum absolute atomic E-state index is 13.6. The van der Waals surface area contributed by atoms with Gasteiger partial charge in [0.2, 0.25) is 12.1 Å². The van der Waals surface area contributed by atoms with Gasteiger partial charge in [-0.25, -0.2) is 0 Å². The van der Waals surface area contributed by atoms with Gasteiger partial charge in [-0.15, -0.1) is 0 Å². The fourth-order valence-electron chi connectivity index (χ4n) is 3.86. The van der Waals surface area contributed by atoms with Crippen molar-refractivity contribution in [1.29, 1.82) is 5.26 Å². The number of hydrogen-bond acceptors (Lipinski definition) is 5. The Hall–Kier alpha value is -3.01. The molecule has 2 heterocycles. The first kappa shape index (κ1) is 24.6. The lowest BCUT2D eigenvalue weighted by Crippen LogP contribution is -2.49. The van der Waals surface area contributed by atoms with Crippen LogP contribution < -0.4 is 10.2 Å². The molecule has 0 bridgehead atoms. The third-order valence-corrected chi connectivity index (χ3v) is 5.56. The van der Waals surface area contributed by atoms with E-state index in [0.717, 1.165) is 12.1 Å². The molecule has 0 aliphatic carbocycles. The fourth-order valence-corrected chi connectivity index (χ4v) is 3.86. The summed E-state index contributed by atoms with van der Waals surface area (Å²) in [5, 5.41) is 11.5. The summed E-state index contributed by atoms with van der Waals surface area (Å²) in [6.45, 7) is 1.54. The third-order valence-electron chi connectivity index (χ3n) is 5.56. The molecule has 7 nitrogen and oxygen atoms in total. The number of benzene rings is 1. The van der Waals surface area contributed by atoms with Gasteiger partial charge in [0.25, 0.3) is 5.91 Å². The highest BCUT2D eigenvalue weighted by molar-refractivity contribution is 5.82. The maximum Gasteiger partial charge on any atom is 0.433 e. The van der Waals surface area contributed by atoms with Crippen molar-refractivity contribution in [2.24, 2.45) is 0 Å². The summed E-state index contributed by atoms with van der Waals surface area (Å²) >= 11 is 0.